The SMILES string of the molecule is CNCCc1ccccc1CN1CCCC1C. The molecule has 0 aromatic heterocycles. The summed E-state index contributed by atoms with van der Waals surface area (Å²) in [7, 11) is 2.02. The van der Waals surface area contributed by atoms with E-state index >= 15 is 0 Å². The molecule has 94 valence electrons. The molecule has 1 saturated heterocycles. The van der Waals surface area contributed by atoms with Crippen molar-refractivity contribution >= 4 is 0 Å². The Balaban J connectivity index is 2.03. The van der Waals surface area contributed by atoms with Crippen LogP contribution in [-0.4, -0.2) is 31.1 Å². The summed E-state index contributed by atoms with van der Waals surface area (Å²) in [4.78, 5) is 2.61. The first-order chi connectivity index (χ1) is 8.31. The van der Waals surface area contributed by atoms with Crippen molar-refractivity contribution < 1.29 is 0 Å². The molecule has 0 bridgehead atoms. The van der Waals surface area contributed by atoms with Crippen LogP contribution >= 0.6 is 0 Å². The van der Waals surface area contributed by atoms with Gasteiger partial charge in [-0.05, 0) is 57.5 Å². The van der Waals surface area contributed by atoms with E-state index in [4.69, 9.17) is 0 Å². The minimum Gasteiger partial charge on any atom is -0.319 e. The summed E-state index contributed by atoms with van der Waals surface area (Å²) in [5.74, 6) is 0. The van der Waals surface area contributed by atoms with Crippen LogP contribution in [0.1, 0.15) is 30.9 Å². The highest BCUT2D eigenvalue weighted by Crippen LogP contribution is 2.21. The summed E-state index contributed by atoms with van der Waals surface area (Å²) < 4.78 is 0. The zero-order valence-electron chi connectivity index (χ0n) is 11.1. The molecule has 17 heavy (non-hydrogen) atoms. The van der Waals surface area contributed by atoms with Gasteiger partial charge in [-0.1, -0.05) is 24.3 Å². The first-order valence-electron chi connectivity index (χ1n) is 6.76. The molecule has 2 heteroatoms. The van der Waals surface area contributed by atoms with E-state index in [1.807, 2.05) is 7.05 Å². The van der Waals surface area contributed by atoms with Crippen molar-refractivity contribution in [2.75, 3.05) is 20.1 Å². The van der Waals surface area contributed by atoms with Gasteiger partial charge in [0.2, 0.25) is 0 Å². The van der Waals surface area contributed by atoms with Crippen LogP contribution in [0, 0.1) is 0 Å². The maximum Gasteiger partial charge on any atom is 0.0239 e. The third-order valence-electron chi connectivity index (χ3n) is 3.83. The largest absolute Gasteiger partial charge is 0.319 e. The lowest BCUT2D eigenvalue weighted by molar-refractivity contribution is 0.259. The molecule has 0 saturated carbocycles. The van der Waals surface area contributed by atoms with Crippen LogP contribution in [0.4, 0.5) is 0 Å². The van der Waals surface area contributed by atoms with Crippen LogP contribution in [0.5, 0.6) is 0 Å². The molecule has 0 spiro atoms. The Kier molecular flexibility index (Phi) is 4.57. The van der Waals surface area contributed by atoms with Crippen molar-refractivity contribution in [1.82, 2.24) is 10.2 Å². The molecule has 1 aromatic rings. The van der Waals surface area contributed by atoms with Crippen LogP contribution in [-0.2, 0) is 13.0 Å². The smallest absolute Gasteiger partial charge is 0.0239 e. The van der Waals surface area contributed by atoms with Crippen LogP contribution < -0.4 is 5.32 Å². The van der Waals surface area contributed by atoms with E-state index in [-0.39, 0.29) is 0 Å². The Morgan fingerprint density at radius 1 is 1.29 bits per heavy atom. The molecule has 1 aliphatic rings. The fourth-order valence-electron chi connectivity index (χ4n) is 2.66. The van der Waals surface area contributed by atoms with Crippen molar-refractivity contribution in [1.29, 1.82) is 0 Å². The number of likely N-dealkylation sites (tertiary alicyclic amines) is 1. The van der Waals surface area contributed by atoms with Crippen molar-refractivity contribution in [2.45, 2.75) is 38.8 Å². The first-order valence-corrected chi connectivity index (χ1v) is 6.76. The van der Waals surface area contributed by atoms with Gasteiger partial charge in [-0.25, -0.2) is 0 Å². The zero-order valence-corrected chi connectivity index (χ0v) is 11.1. The monoisotopic (exact) mass is 232 g/mol. The third-order valence-corrected chi connectivity index (χ3v) is 3.83. The number of nitrogens with one attached hydrogen (secondary N) is 1. The summed E-state index contributed by atoms with van der Waals surface area (Å²) in [6.07, 6.45) is 3.85. The number of hydrogen-bond donors (Lipinski definition) is 1. The topological polar surface area (TPSA) is 15.3 Å². The lowest BCUT2D eigenvalue weighted by Gasteiger charge is -2.22. The molecule has 2 nitrogen and oxygen atoms in total. The van der Waals surface area contributed by atoms with Gasteiger partial charge in [-0.3, -0.25) is 4.90 Å². The molecule has 1 unspecified atom stereocenters. The minimum atomic E-state index is 0.757. The molecule has 1 N–H and O–H groups in total. The van der Waals surface area contributed by atoms with E-state index in [1.54, 1.807) is 0 Å². The summed E-state index contributed by atoms with van der Waals surface area (Å²) in [6.45, 7) is 5.80. The lowest BCUT2D eigenvalue weighted by atomic mass is 10.0. The molecule has 0 radical (unpaired) electrons. The van der Waals surface area contributed by atoms with Crippen LogP contribution in [0.3, 0.4) is 0 Å². The van der Waals surface area contributed by atoms with Crippen molar-refractivity contribution in [3.05, 3.63) is 35.4 Å². The lowest BCUT2D eigenvalue weighted by Crippen LogP contribution is -2.26. The van der Waals surface area contributed by atoms with E-state index in [0.29, 0.717) is 0 Å². The zero-order chi connectivity index (χ0) is 12.1. The van der Waals surface area contributed by atoms with Crippen LogP contribution in [0.25, 0.3) is 0 Å². The van der Waals surface area contributed by atoms with E-state index in [0.717, 1.165) is 25.6 Å². The standard InChI is InChI=1S/C15H24N2/c1-13-6-5-11-17(13)12-15-8-4-3-7-14(15)9-10-16-2/h3-4,7-8,13,16H,5-6,9-12H2,1-2H3. The minimum absolute atomic E-state index is 0.757. The molecule has 1 heterocycles. The summed E-state index contributed by atoms with van der Waals surface area (Å²) in [5.41, 5.74) is 3.01. The van der Waals surface area contributed by atoms with Gasteiger partial charge in [0.15, 0.2) is 0 Å². The van der Waals surface area contributed by atoms with E-state index in [1.165, 1.54) is 30.5 Å². The highest BCUT2D eigenvalue weighted by molar-refractivity contribution is 5.27. The fourth-order valence-corrected chi connectivity index (χ4v) is 2.66. The Labute approximate surface area is 105 Å². The summed E-state index contributed by atoms with van der Waals surface area (Å²) >= 11 is 0. The Hall–Kier alpha value is -0.860. The van der Waals surface area contributed by atoms with Gasteiger partial charge in [-0.15, -0.1) is 0 Å². The third kappa shape index (κ3) is 3.30. The molecular formula is C15H24N2. The van der Waals surface area contributed by atoms with Crippen molar-refractivity contribution in [3.8, 4) is 0 Å². The molecule has 2 rings (SSSR count). The van der Waals surface area contributed by atoms with E-state index < -0.39 is 0 Å². The number of rotatable bonds is 5. The van der Waals surface area contributed by atoms with Crippen molar-refractivity contribution in [3.63, 3.8) is 0 Å². The van der Waals surface area contributed by atoms with Gasteiger partial charge in [-0.2, -0.15) is 0 Å². The molecule has 0 aliphatic carbocycles. The summed E-state index contributed by atoms with van der Waals surface area (Å²) in [5, 5.41) is 3.23. The van der Waals surface area contributed by atoms with E-state index in [2.05, 4.69) is 41.4 Å². The van der Waals surface area contributed by atoms with Gasteiger partial charge >= 0.3 is 0 Å². The van der Waals surface area contributed by atoms with E-state index in [9.17, 15) is 0 Å². The van der Waals surface area contributed by atoms with Crippen LogP contribution in [0.2, 0.25) is 0 Å². The van der Waals surface area contributed by atoms with Gasteiger partial charge in [0.25, 0.3) is 0 Å². The first kappa shape index (κ1) is 12.6. The van der Waals surface area contributed by atoms with Crippen molar-refractivity contribution in [2.24, 2.45) is 0 Å². The van der Waals surface area contributed by atoms with Gasteiger partial charge in [0.05, 0.1) is 0 Å². The maximum absolute atomic E-state index is 3.23. The average molecular weight is 232 g/mol. The predicted molar refractivity (Wildman–Crippen MR) is 73.2 cm³/mol. The molecule has 1 fully saturated rings. The number of hydrogen-bond acceptors (Lipinski definition) is 2. The quantitative estimate of drug-likeness (QED) is 0.839. The molecule has 1 aromatic carbocycles. The maximum atomic E-state index is 3.23. The fraction of sp³-hybridized carbons (Fsp3) is 0.600. The second kappa shape index (κ2) is 6.18. The van der Waals surface area contributed by atoms with Crippen LogP contribution in [0.15, 0.2) is 24.3 Å². The summed E-state index contributed by atoms with van der Waals surface area (Å²) in [6, 6.07) is 9.64. The molecular weight excluding hydrogens is 208 g/mol. The highest BCUT2D eigenvalue weighted by atomic mass is 15.2. The Bertz CT molecular complexity index is 349. The Morgan fingerprint density at radius 2 is 2.06 bits per heavy atom. The second-order valence-corrected chi connectivity index (χ2v) is 5.08. The number of benzene rings is 1. The van der Waals surface area contributed by atoms with Gasteiger partial charge in [0.1, 0.15) is 0 Å². The molecule has 1 atom stereocenters. The number of likely N-dealkylation sites (N-methyl/N-ethyl adjacent to an activating group) is 1. The molecule has 0 amide bonds. The second-order valence-electron chi connectivity index (χ2n) is 5.08. The highest BCUT2D eigenvalue weighted by Gasteiger charge is 2.20. The predicted octanol–water partition coefficient (Wildman–Crippen LogP) is 2.43. The average Bonchev–Trinajstić information content (AvgIpc) is 2.74. The van der Waals surface area contributed by atoms with Gasteiger partial charge in [0, 0.05) is 12.6 Å². The van der Waals surface area contributed by atoms with Gasteiger partial charge < -0.3 is 5.32 Å². The normalized spacial score (nSPS) is 20.9. The molecule has 1 aliphatic heterocycles. The Morgan fingerprint density at radius 3 is 2.71 bits per heavy atom. The number of nitrogens with zero attached hydrogens (tertiary/aromatic N) is 1.